The van der Waals surface area contributed by atoms with Crippen molar-refractivity contribution in [1.29, 1.82) is 0 Å². The summed E-state index contributed by atoms with van der Waals surface area (Å²) in [4.78, 5) is 39.6. The van der Waals surface area contributed by atoms with Crippen molar-refractivity contribution in [1.82, 2.24) is 28.9 Å². The van der Waals surface area contributed by atoms with Crippen LogP contribution in [-0.4, -0.2) is 79.2 Å². The first-order chi connectivity index (χ1) is 31.9. The highest BCUT2D eigenvalue weighted by atomic mass is 35.5. The molecule has 0 unspecified atom stereocenters. The Morgan fingerprint density at radius 3 is 1.33 bits per heavy atom. The molecule has 4 aromatic carbocycles. The van der Waals surface area contributed by atoms with Gasteiger partial charge in [-0.2, -0.15) is 0 Å². The van der Waals surface area contributed by atoms with Crippen LogP contribution in [-0.2, 0) is 19.1 Å². The van der Waals surface area contributed by atoms with Gasteiger partial charge in [-0.15, -0.1) is 0 Å². The Morgan fingerprint density at radius 1 is 0.591 bits per heavy atom. The zero-order chi connectivity index (χ0) is 46.2. The minimum atomic E-state index is -0.0821. The number of imidazole rings is 2. The summed E-state index contributed by atoms with van der Waals surface area (Å²) >= 11 is 12.1. The minimum absolute atomic E-state index is 0.0240. The molecule has 66 heavy (non-hydrogen) atoms. The molecule has 340 valence electrons. The fourth-order valence-corrected chi connectivity index (χ4v) is 9.97. The summed E-state index contributed by atoms with van der Waals surface area (Å²) in [5.74, 6) is 1.93. The number of hydrogen-bond donors (Lipinski definition) is 0. The van der Waals surface area contributed by atoms with Gasteiger partial charge in [0.1, 0.15) is 23.7 Å². The van der Waals surface area contributed by atoms with Gasteiger partial charge in [0.15, 0.2) is 11.5 Å². The number of carbonyl (C=O) groups excluding carboxylic acids is 2. The van der Waals surface area contributed by atoms with Crippen LogP contribution in [0.15, 0.2) is 121 Å². The van der Waals surface area contributed by atoms with Crippen LogP contribution < -0.4 is 9.47 Å². The predicted molar refractivity (Wildman–Crippen MR) is 255 cm³/mol. The van der Waals surface area contributed by atoms with Crippen molar-refractivity contribution in [2.24, 2.45) is 0 Å². The second kappa shape index (κ2) is 18.8. The van der Waals surface area contributed by atoms with E-state index in [0.717, 1.165) is 70.7 Å². The van der Waals surface area contributed by atoms with E-state index >= 15 is 0 Å². The molecule has 0 spiro atoms. The molecule has 2 aromatic heterocycles. The maximum Gasteiger partial charge on any atom is 0.289 e. The molecule has 0 saturated carbocycles. The molecule has 4 saturated heterocycles. The van der Waals surface area contributed by atoms with E-state index < -0.39 is 0 Å². The molecule has 4 fully saturated rings. The van der Waals surface area contributed by atoms with Gasteiger partial charge < -0.3 is 37.9 Å². The molecule has 14 heteroatoms. The van der Waals surface area contributed by atoms with Crippen molar-refractivity contribution in [3.05, 3.63) is 165 Å². The van der Waals surface area contributed by atoms with Gasteiger partial charge >= 0.3 is 0 Å². The molecular weight excluding hydrogens is 876 g/mol. The maximum atomic E-state index is 13.5. The van der Waals surface area contributed by atoms with E-state index in [1.54, 1.807) is 39.0 Å². The van der Waals surface area contributed by atoms with E-state index in [0.29, 0.717) is 33.1 Å². The first-order valence-corrected chi connectivity index (χ1v) is 23.0. The quantitative estimate of drug-likeness (QED) is 0.139. The summed E-state index contributed by atoms with van der Waals surface area (Å²) in [7, 11) is 3.27. The first-order valence-electron chi connectivity index (χ1n) is 22.2. The number of methoxy groups -OCH3 is 2. The number of morpholine rings is 2. The zero-order valence-corrected chi connectivity index (χ0v) is 39.2. The number of hydrogen-bond acceptors (Lipinski definition) is 8. The lowest BCUT2D eigenvalue weighted by Crippen LogP contribution is -2.49. The molecule has 2 amide bonds. The summed E-state index contributed by atoms with van der Waals surface area (Å²) in [6.45, 7) is 7.95. The third-order valence-corrected chi connectivity index (χ3v) is 13.5. The van der Waals surface area contributed by atoms with Crippen molar-refractivity contribution >= 4 is 47.2 Å². The summed E-state index contributed by atoms with van der Waals surface area (Å²) < 4.78 is 27.3. The molecule has 10 rings (SSSR count). The first kappa shape index (κ1) is 44.7. The zero-order valence-electron chi connectivity index (χ0n) is 37.7. The Hall–Kier alpha value is -6.50. The van der Waals surface area contributed by atoms with Crippen molar-refractivity contribution in [2.75, 3.05) is 14.2 Å². The molecule has 12 nitrogen and oxygen atoms in total. The molecule has 6 aromatic rings. The summed E-state index contributed by atoms with van der Waals surface area (Å²) in [6, 6.07) is 27.4. The normalized spacial score (nSPS) is 23.5. The topological polar surface area (TPSA) is 113 Å². The Kier molecular flexibility index (Phi) is 12.7. The lowest BCUT2D eigenvalue weighted by Gasteiger charge is -2.39. The van der Waals surface area contributed by atoms with Gasteiger partial charge in [-0.3, -0.25) is 9.59 Å². The third kappa shape index (κ3) is 8.91. The number of ether oxygens (including phenoxy) is 4. The Balaban J connectivity index is 0.000000166. The SMILES string of the molecule is COc1cc(/C=C2\O[C@@H](C)[C@H]3CC[C@@H](c4ccc(Cl)cc4)N3C2=O)ccc1-n1cnc(C)c1.COc1cc(/C=C2\O[C@H](C)[C@H]3CC[C@@H](c4ccc(Cl)cc4)N3C2=O)ccc1-n1cnc(C)c1. The van der Waals surface area contributed by atoms with Crippen molar-refractivity contribution < 1.29 is 28.5 Å². The predicted octanol–water partition coefficient (Wildman–Crippen LogP) is 10.7. The van der Waals surface area contributed by atoms with Gasteiger partial charge in [-0.05, 0) is 136 Å². The summed E-state index contributed by atoms with van der Waals surface area (Å²) in [5.41, 5.74) is 7.49. The highest BCUT2D eigenvalue weighted by Crippen LogP contribution is 2.44. The minimum Gasteiger partial charge on any atom is -0.495 e. The van der Waals surface area contributed by atoms with Crippen molar-refractivity contribution in [3.63, 3.8) is 0 Å². The average Bonchev–Trinajstić information content (AvgIpc) is 4.15. The lowest BCUT2D eigenvalue weighted by atomic mass is 10.0. The smallest absolute Gasteiger partial charge is 0.289 e. The molecule has 6 atom stereocenters. The Bertz CT molecular complexity index is 2630. The number of fused-ring (bicyclic) bond motifs is 2. The summed E-state index contributed by atoms with van der Waals surface area (Å²) in [6.07, 6.45) is 14.5. The fraction of sp³-hybridized carbons (Fsp3) is 0.308. The number of halogens is 2. The number of benzene rings is 4. The third-order valence-electron chi connectivity index (χ3n) is 13.0. The van der Waals surface area contributed by atoms with Gasteiger partial charge in [0.2, 0.25) is 0 Å². The Labute approximate surface area is 395 Å². The van der Waals surface area contributed by atoms with E-state index in [-0.39, 0.29) is 48.2 Å². The van der Waals surface area contributed by atoms with E-state index in [1.165, 1.54) is 0 Å². The Morgan fingerprint density at radius 2 is 0.985 bits per heavy atom. The molecule has 0 radical (unpaired) electrons. The highest BCUT2D eigenvalue weighted by Gasteiger charge is 2.47. The van der Waals surface area contributed by atoms with Crippen LogP contribution in [0.3, 0.4) is 0 Å². The number of rotatable bonds is 8. The van der Waals surface area contributed by atoms with E-state index in [4.69, 9.17) is 42.1 Å². The average molecular weight is 928 g/mol. The number of amides is 2. The monoisotopic (exact) mass is 926 g/mol. The van der Waals surface area contributed by atoms with Crippen LogP contribution in [0.25, 0.3) is 23.5 Å². The van der Waals surface area contributed by atoms with E-state index in [9.17, 15) is 9.59 Å². The number of aryl methyl sites for hydroxylation is 2. The lowest BCUT2D eigenvalue weighted by molar-refractivity contribution is -0.145. The van der Waals surface area contributed by atoms with E-state index in [1.807, 2.05) is 144 Å². The van der Waals surface area contributed by atoms with Gasteiger partial charge in [-0.25, -0.2) is 9.97 Å². The molecule has 0 bridgehead atoms. The van der Waals surface area contributed by atoms with Gasteiger partial charge in [0, 0.05) is 22.4 Å². The van der Waals surface area contributed by atoms with Crippen LogP contribution in [0, 0.1) is 13.8 Å². The molecule has 0 aliphatic carbocycles. The number of aromatic nitrogens is 4. The molecule has 4 aliphatic heterocycles. The molecular formula is C52H52Cl2N6O6. The molecule has 6 heterocycles. The number of nitrogens with zero attached hydrogens (tertiary/aromatic N) is 6. The summed E-state index contributed by atoms with van der Waals surface area (Å²) in [5, 5.41) is 1.39. The van der Waals surface area contributed by atoms with Crippen molar-refractivity contribution in [3.8, 4) is 22.9 Å². The largest absolute Gasteiger partial charge is 0.495 e. The van der Waals surface area contributed by atoms with Crippen LogP contribution >= 0.6 is 23.2 Å². The van der Waals surface area contributed by atoms with Crippen molar-refractivity contribution in [2.45, 2.75) is 89.8 Å². The van der Waals surface area contributed by atoms with Gasteiger partial charge in [0.05, 0.1) is 73.8 Å². The molecule has 4 aliphatic rings. The second-order valence-corrected chi connectivity index (χ2v) is 18.1. The van der Waals surface area contributed by atoms with Gasteiger partial charge in [-0.1, -0.05) is 59.6 Å². The standard InChI is InChI=1S/2C26H26ClN3O3/c2*1-16-14-29(15-28-16)23-9-4-18(12-24(23)32-3)13-25-26(31)30-21(17(2)33-25)10-11-22(30)19-5-7-20(27)8-6-19/h2*4-9,12-15,17,21-22H,10-11H2,1-3H3/b2*25-13-/t17-,21+,22-;17-,21-,22+/m01/s1. The molecule has 0 N–H and O–H groups in total. The van der Waals surface area contributed by atoms with Gasteiger partial charge in [0.25, 0.3) is 11.8 Å². The second-order valence-electron chi connectivity index (χ2n) is 17.2. The fourth-order valence-electron chi connectivity index (χ4n) is 9.71. The number of carbonyl (C=O) groups is 2. The van der Waals surface area contributed by atoms with E-state index in [2.05, 4.69) is 9.97 Å². The van der Waals surface area contributed by atoms with Crippen LogP contribution in [0.5, 0.6) is 11.5 Å². The van der Waals surface area contributed by atoms with Crippen LogP contribution in [0.4, 0.5) is 0 Å². The maximum absolute atomic E-state index is 13.5. The highest BCUT2D eigenvalue weighted by molar-refractivity contribution is 6.30. The van der Waals surface area contributed by atoms with Crippen LogP contribution in [0.1, 0.15) is 85.3 Å². The van der Waals surface area contributed by atoms with Crippen LogP contribution in [0.2, 0.25) is 10.0 Å².